The van der Waals surface area contributed by atoms with Crippen LogP contribution in [-0.2, 0) is 9.53 Å². The number of ether oxygens (including phenoxy) is 1. The van der Waals surface area contributed by atoms with Crippen molar-refractivity contribution in [1.29, 1.82) is 0 Å². The van der Waals surface area contributed by atoms with E-state index in [1.54, 1.807) is 6.92 Å². The number of rotatable bonds is 7. The summed E-state index contributed by atoms with van der Waals surface area (Å²) in [6, 6.07) is 19.2. The maximum absolute atomic E-state index is 12.7. The molecule has 4 rings (SSSR count). The Labute approximate surface area is 201 Å². The van der Waals surface area contributed by atoms with Gasteiger partial charge in [0.2, 0.25) is 5.91 Å². The highest BCUT2D eigenvalue weighted by atomic mass is 35.5. The van der Waals surface area contributed by atoms with Gasteiger partial charge in [-0.1, -0.05) is 67.1 Å². The lowest BCUT2D eigenvalue weighted by molar-refractivity contribution is -0.118. The van der Waals surface area contributed by atoms with Gasteiger partial charge in [-0.3, -0.25) is 4.79 Å². The molecule has 3 aromatic rings. The number of benzene rings is 3. The van der Waals surface area contributed by atoms with Crippen molar-refractivity contribution in [3.05, 3.63) is 88.4 Å². The monoisotopic (exact) mass is 478 g/mol. The molecule has 7 nitrogen and oxygen atoms in total. The van der Waals surface area contributed by atoms with Crippen LogP contribution in [0.3, 0.4) is 0 Å². The predicted octanol–water partition coefficient (Wildman–Crippen LogP) is 5.29. The summed E-state index contributed by atoms with van der Waals surface area (Å²) in [6.07, 6.45) is -0.399. The van der Waals surface area contributed by atoms with E-state index in [0.717, 1.165) is 22.3 Å². The molecular weight excluding hydrogens is 456 g/mol. The zero-order valence-corrected chi connectivity index (χ0v) is 19.1. The van der Waals surface area contributed by atoms with Gasteiger partial charge >= 0.3 is 12.1 Å². The first kappa shape index (κ1) is 23.3. The minimum atomic E-state index is -1.16. The first-order chi connectivity index (χ1) is 16.4. The fourth-order valence-electron chi connectivity index (χ4n) is 4.15. The second kappa shape index (κ2) is 9.97. The van der Waals surface area contributed by atoms with Crippen LogP contribution in [0.15, 0.2) is 66.7 Å². The van der Waals surface area contributed by atoms with Crippen molar-refractivity contribution < 1.29 is 24.2 Å². The number of carbonyl (C=O) groups is 3. The molecule has 1 aliphatic carbocycles. The molecule has 1 atom stereocenters. The van der Waals surface area contributed by atoms with Gasteiger partial charge in [-0.25, -0.2) is 9.59 Å². The van der Waals surface area contributed by atoms with Crippen LogP contribution in [0.5, 0.6) is 0 Å². The van der Waals surface area contributed by atoms with Gasteiger partial charge in [0.25, 0.3) is 0 Å². The molecule has 2 amide bonds. The van der Waals surface area contributed by atoms with Crippen LogP contribution < -0.4 is 10.6 Å². The molecule has 0 fully saturated rings. The number of fused-ring (bicyclic) bond motifs is 3. The van der Waals surface area contributed by atoms with Crippen molar-refractivity contribution in [1.82, 2.24) is 5.32 Å². The van der Waals surface area contributed by atoms with Crippen LogP contribution in [0.2, 0.25) is 5.02 Å². The summed E-state index contributed by atoms with van der Waals surface area (Å²) >= 11 is 5.95. The van der Waals surface area contributed by atoms with Crippen LogP contribution in [0.25, 0.3) is 11.1 Å². The molecule has 3 N–H and O–H groups in total. The molecule has 0 radical (unpaired) electrons. The highest BCUT2D eigenvalue weighted by Crippen LogP contribution is 2.44. The van der Waals surface area contributed by atoms with Gasteiger partial charge in [0.15, 0.2) is 0 Å². The van der Waals surface area contributed by atoms with Crippen LogP contribution >= 0.6 is 11.6 Å². The van der Waals surface area contributed by atoms with E-state index in [4.69, 9.17) is 21.4 Å². The van der Waals surface area contributed by atoms with Crippen LogP contribution in [-0.4, -0.2) is 35.7 Å². The van der Waals surface area contributed by atoms with Crippen molar-refractivity contribution in [2.75, 3.05) is 11.9 Å². The Hall–Kier alpha value is -3.84. The summed E-state index contributed by atoms with van der Waals surface area (Å²) in [4.78, 5) is 36.4. The van der Waals surface area contributed by atoms with Crippen LogP contribution in [0.1, 0.15) is 40.7 Å². The number of carbonyl (C=O) groups excluding carboxylic acids is 2. The second-order valence-electron chi connectivity index (χ2n) is 7.95. The Kier molecular flexibility index (Phi) is 6.84. The Morgan fingerprint density at radius 3 is 2.21 bits per heavy atom. The summed E-state index contributed by atoms with van der Waals surface area (Å²) in [5.74, 6) is -1.76. The number of hydrogen-bond donors (Lipinski definition) is 3. The summed E-state index contributed by atoms with van der Waals surface area (Å²) in [5, 5.41) is 14.5. The number of anilines is 1. The van der Waals surface area contributed by atoms with E-state index >= 15 is 0 Å². The smallest absolute Gasteiger partial charge is 0.407 e. The number of halogens is 1. The standard InChI is InChI=1S/C26H23ClN2O5/c1-2-23(24(30)28-17-12-15(25(31)32)11-16(27)13-17)29-26(33)34-14-22-20-9-5-3-7-18(20)19-8-4-6-10-21(19)22/h3-13,22-23H,2,14H2,1H3,(H,28,30)(H,29,33)(H,31,32). The van der Waals surface area contributed by atoms with E-state index in [2.05, 4.69) is 22.8 Å². The van der Waals surface area contributed by atoms with Crippen LogP contribution in [0, 0.1) is 0 Å². The van der Waals surface area contributed by atoms with E-state index in [1.807, 2.05) is 36.4 Å². The van der Waals surface area contributed by atoms with Crippen molar-refractivity contribution in [3.8, 4) is 11.1 Å². The molecule has 34 heavy (non-hydrogen) atoms. The predicted molar refractivity (Wildman–Crippen MR) is 129 cm³/mol. The van der Waals surface area contributed by atoms with Crippen LogP contribution in [0.4, 0.5) is 10.5 Å². The highest BCUT2D eigenvalue weighted by Gasteiger charge is 2.29. The molecule has 0 aliphatic heterocycles. The van der Waals surface area contributed by atoms with E-state index in [9.17, 15) is 14.4 Å². The lowest BCUT2D eigenvalue weighted by atomic mass is 9.98. The highest BCUT2D eigenvalue weighted by molar-refractivity contribution is 6.31. The van der Waals surface area contributed by atoms with E-state index in [-0.39, 0.29) is 28.8 Å². The first-order valence-corrected chi connectivity index (χ1v) is 11.2. The van der Waals surface area contributed by atoms with E-state index in [0.29, 0.717) is 6.42 Å². The summed E-state index contributed by atoms with van der Waals surface area (Å²) in [7, 11) is 0. The van der Waals surface area contributed by atoms with Gasteiger partial charge in [-0.2, -0.15) is 0 Å². The molecule has 174 valence electrons. The molecule has 1 aliphatic rings. The Balaban J connectivity index is 1.40. The molecule has 1 unspecified atom stereocenters. The molecule has 0 spiro atoms. The number of carboxylic acids is 1. The Morgan fingerprint density at radius 1 is 1.00 bits per heavy atom. The number of carboxylic acid groups (broad SMARTS) is 1. The largest absolute Gasteiger partial charge is 0.478 e. The molecule has 0 bridgehead atoms. The van der Waals surface area contributed by atoms with Gasteiger partial charge < -0.3 is 20.5 Å². The summed E-state index contributed by atoms with van der Waals surface area (Å²) < 4.78 is 5.51. The molecule has 0 saturated heterocycles. The third-order valence-corrected chi connectivity index (χ3v) is 5.99. The Bertz CT molecular complexity index is 1210. The number of nitrogens with one attached hydrogen (secondary N) is 2. The number of alkyl carbamates (subject to hydrolysis) is 1. The molecule has 0 aromatic heterocycles. The first-order valence-electron chi connectivity index (χ1n) is 10.8. The van der Waals surface area contributed by atoms with E-state index in [1.165, 1.54) is 18.2 Å². The molecular formula is C26H23ClN2O5. The topological polar surface area (TPSA) is 105 Å². The second-order valence-corrected chi connectivity index (χ2v) is 8.39. The third kappa shape index (κ3) is 4.89. The lowest BCUT2D eigenvalue weighted by Gasteiger charge is -2.19. The maximum Gasteiger partial charge on any atom is 0.407 e. The quantitative estimate of drug-likeness (QED) is 0.427. The average molecular weight is 479 g/mol. The summed E-state index contributed by atoms with van der Waals surface area (Å²) in [5.41, 5.74) is 4.61. The van der Waals surface area contributed by atoms with Crippen molar-refractivity contribution in [2.24, 2.45) is 0 Å². The van der Waals surface area contributed by atoms with E-state index < -0.39 is 24.0 Å². The fourth-order valence-corrected chi connectivity index (χ4v) is 4.39. The van der Waals surface area contributed by atoms with Crippen molar-refractivity contribution in [3.63, 3.8) is 0 Å². The van der Waals surface area contributed by atoms with Gasteiger partial charge in [0, 0.05) is 16.6 Å². The fraction of sp³-hybridized carbons (Fsp3) is 0.192. The minimum absolute atomic E-state index is 0.0552. The van der Waals surface area contributed by atoms with Gasteiger partial charge in [0.05, 0.1) is 5.56 Å². The number of hydrogen-bond acceptors (Lipinski definition) is 4. The average Bonchev–Trinajstić information content (AvgIpc) is 3.14. The summed E-state index contributed by atoms with van der Waals surface area (Å²) in [6.45, 7) is 1.88. The zero-order valence-electron chi connectivity index (χ0n) is 18.4. The van der Waals surface area contributed by atoms with Gasteiger partial charge in [0.1, 0.15) is 12.6 Å². The van der Waals surface area contributed by atoms with Crippen molar-refractivity contribution in [2.45, 2.75) is 25.3 Å². The Morgan fingerprint density at radius 2 is 1.62 bits per heavy atom. The number of aromatic carboxylic acids is 1. The maximum atomic E-state index is 12.7. The van der Waals surface area contributed by atoms with Gasteiger partial charge in [-0.05, 0) is 46.9 Å². The number of amides is 2. The SMILES string of the molecule is CCC(NC(=O)OCC1c2ccccc2-c2ccccc21)C(=O)Nc1cc(Cl)cc(C(=O)O)c1. The molecule has 0 saturated carbocycles. The zero-order chi connectivity index (χ0) is 24.2. The molecule has 3 aromatic carbocycles. The molecule has 8 heteroatoms. The van der Waals surface area contributed by atoms with Crippen molar-refractivity contribution >= 4 is 35.3 Å². The lowest BCUT2D eigenvalue weighted by Crippen LogP contribution is -2.43. The molecule has 0 heterocycles. The van der Waals surface area contributed by atoms with Gasteiger partial charge in [-0.15, -0.1) is 0 Å². The normalized spacial score (nSPS) is 12.9. The minimum Gasteiger partial charge on any atom is -0.478 e. The third-order valence-electron chi connectivity index (χ3n) is 5.77.